The molecule has 0 aliphatic carbocycles. The summed E-state index contributed by atoms with van der Waals surface area (Å²) in [6.45, 7) is 2.66. The Bertz CT molecular complexity index is 311. The van der Waals surface area contributed by atoms with Crippen molar-refractivity contribution in [2.45, 2.75) is 13.3 Å². The van der Waals surface area contributed by atoms with Crippen molar-refractivity contribution in [2.75, 3.05) is 18.5 Å². The number of esters is 1. The Morgan fingerprint density at radius 3 is 2.67 bits per heavy atom. The van der Waals surface area contributed by atoms with Gasteiger partial charge in [0.25, 0.3) is 0 Å². The van der Waals surface area contributed by atoms with Crippen LogP contribution in [0.3, 0.4) is 0 Å². The minimum absolute atomic E-state index is 0.210. The van der Waals surface area contributed by atoms with E-state index in [9.17, 15) is 4.79 Å². The van der Waals surface area contributed by atoms with E-state index in [1.807, 2.05) is 31.2 Å². The fraction of sp³-hybridized carbons (Fsp3) is 0.364. The zero-order chi connectivity index (χ0) is 11.1. The van der Waals surface area contributed by atoms with Gasteiger partial charge in [-0.15, -0.1) is 0 Å². The Balaban J connectivity index is 2.30. The molecule has 1 aromatic carbocycles. The molecular weight excluding hydrogens is 258 g/mol. The van der Waals surface area contributed by atoms with Crippen molar-refractivity contribution < 1.29 is 9.53 Å². The van der Waals surface area contributed by atoms with E-state index in [4.69, 9.17) is 4.74 Å². The number of hydrogen-bond donors (Lipinski definition) is 1. The third-order valence-electron chi connectivity index (χ3n) is 1.75. The van der Waals surface area contributed by atoms with E-state index in [0.717, 1.165) is 16.6 Å². The van der Waals surface area contributed by atoms with Gasteiger partial charge in [0.15, 0.2) is 0 Å². The molecule has 0 aliphatic heterocycles. The highest BCUT2D eigenvalue weighted by Crippen LogP contribution is 2.13. The first-order valence-corrected chi connectivity index (χ1v) is 5.66. The van der Waals surface area contributed by atoms with E-state index in [2.05, 4.69) is 21.2 Å². The molecule has 1 rings (SSSR count). The van der Waals surface area contributed by atoms with E-state index in [1.54, 1.807) is 0 Å². The lowest BCUT2D eigenvalue weighted by molar-refractivity contribution is -0.141. The van der Waals surface area contributed by atoms with E-state index >= 15 is 0 Å². The predicted octanol–water partition coefficient (Wildman–Crippen LogP) is 2.81. The highest BCUT2D eigenvalue weighted by molar-refractivity contribution is 9.10. The molecule has 0 amide bonds. The quantitative estimate of drug-likeness (QED) is 0.837. The van der Waals surface area contributed by atoms with Gasteiger partial charge in [0.05, 0.1) is 6.61 Å². The number of halogens is 1. The largest absolute Gasteiger partial charge is 0.464 e. The Kier molecular flexibility index (Phi) is 5.18. The summed E-state index contributed by atoms with van der Waals surface area (Å²) in [5, 5.41) is 2.99. The highest BCUT2D eigenvalue weighted by Gasteiger charge is 2.01. The first-order chi connectivity index (χ1) is 7.22. The molecule has 4 heteroatoms. The number of carbonyl (C=O) groups excluding carboxylic acids is 1. The van der Waals surface area contributed by atoms with Crippen molar-refractivity contribution in [3.63, 3.8) is 0 Å². The van der Waals surface area contributed by atoms with Crippen LogP contribution in [0.4, 0.5) is 5.69 Å². The molecule has 1 N–H and O–H groups in total. The monoisotopic (exact) mass is 271 g/mol. The summed E-state index contributed by atoms with van der Waals surface area (Å²) in [4.78, 5) is 11.1. The normalized spacial score (nSPS) is 9.73. The second-order valence-corrected chi connectivity index (χ2v) is 4.00. The highest BCUT2D eigenvalue weighted by atomic mass is 79.9. The summed E-state index contributed by atoms with van der Waals surface area (Å²) in [5.74, 6) is -0.222. The maximum absolute atomic E-state index is 11.1. The molecule has 0 saturated heterocycles. The molecule has 3 nitrogen and oxygen atoms in total. The van der Waals surface area contributed by atoms with Crippen LogP contribution < -0.4 is 5.32 Å². The van der Waals surface area contributed by atoms with Gasteiger partial charge < -0.3 is 10.1 Å². The van der Waals surface area contributed by atoms with Gasteiger partial charge in [-0.3, -0.25) is 4.79 Å². The number of hydrogen-bond acceptors (Lipinski definition) is 3. The average molecular weight is 272 g/mol. The summed E-state index contributed by atoms with van der Waals surface area (Å²) in [6, 6.07) is 7.63. The number of anilines is 1. The van der Waals surface area contributed by atoms with E-state index in [1.165, 1.54) is 0 Å². The smallest absolute Gasteiger partial charge is 0.325 e. The standard InChI is InChI=1S/C11H14BrNO2/c1-2-7-15-11(14)8-13-10-5-3-9(12)4-6-10/h3-6,13H,2,7-8H2,1H3. The second-order valence-electron chi connectivity index (χ2n) is 3.08. The molecule has 0 saturated carbocycles. The summed E-state index contributed by atoms with van der Waals surface area (Å²) in [6.07, 6.45) is 0.851. The minimum atomic E-state index is -0.222. The van der Waals surface area contributed by atoms with Crippen LogP contribution in [-0.2, 0) is 9.53 Å². The van der Waals surface area contributed by atoms with Gasteiger partial charge >= 0.3 is 5.97 Å². The maximum Gasteiger partial charge on any atom is 0.325 e. The van der Waals surface area contributed by atoms with Crippen LogP contribution in [0.15, 0.2) is 28.7 Å². The molecule has 0 unspecified atom stereocenters. The lowest BCUT2D eigenvalue weighted by atomic mass is 10.3. The summed E-state index contributed by atoms with van der Waals surface area (Å²) in [5.41, 5.74) is 0.909. The number of rotatable bonds is 5. The fourth-order valence-electron chi connectivity index (χ4n) is 1.01. The third-order valence-corrected chi connectivity index (χ3v) is 2.28. The Morgan fingerprint density at radius 2 is 2.07 bits per heavy atom. The second kappa shape index (κ2) is 6.45. The van der Waals surface area contributed by atoms with Gasteiger partial charge in [-0.2, -0.15) is 0 Å². The molecule has 0 radical (unpaired) electrons. The number of ether oxygens (including phenoxy) is 1. The topological polar surface area (TPSA) is 38.3 Å². The van der Waals surface area contributed by atoms with Crippen molar-refractivity contribution >= 4 is 27.6 Å². The molecule has 0 atom stereocenters. The van der Waals surface area contributed by atoms with Crippen molar-refractivity contribution in [1.82, 2.24) is 0 Å². The Hall–Kier alpha value is -1.03. The molecule has 0 fully saturated rings. The van der Waals surface area contributed by atoms with Gasteiger partial charge in [0, 0.05) is 10.2 Å². The molecule has 15 heavy (non-hydrogen) atoms. The van der Waals surface area contributed by atoms with E-state index in [-0.39, 0.29) is 12.5 Å². The first-order valence-electron chi connectivity index (χ1n) is 4.87. The van der Waals surface area contributed by atoms with Crippen molar-refractivity contribution in [1.29, 1.82) is 0 Å². The van der Waals surface area contributed by atoms with Gasteiger partial charge in [-0.1, -0.05) is 22.9 Å². The van der Waals surface area contributed by atoms with E-state index in [0.29, 0.717) is 6.61 Å². The lowest BCUT2D eigenvalue weighted by Gasteiger charge is -2.06. The van der Waals surface area contributed by atoms with Gasteiger partial charge in [-0.25, -0.2) is 0 Å². The molecule has 82 valence electrons. The van der Waals surface area contributed by atoms with Crippen LogP contribution in [0.1, 0.15) is 13.3 Å². The number of carbonyl (C=O) groups is 1. The molecule has 0 aromatic heterocycles. The molecule has 0 spiro atoms. The van der Waals surface area contributed by atoms with Crippen molar-refractivity contribution in [3.05, 3.63) is 28.7 Å². The third kappa shape index (κ3) is 4.83. The van der Waals surface area contributed by atoms with Crippen LogP contribution >= 0.6 is 15.9 Å². The zero-order valence-corrected chi connectivity index (χ0v) is 10.2. The van der Waals surface area contributed by atoms with Crippen LogP contribution in [0.5, 0.6) is 0 Å². The van der Waals surface area contributed by atoms with Crippen LogP contribution in [0, 0.1) is 0 Å². The van der Waals surface area contributed by atoms with Gasteiger partial charge in [-0.05, 0) is 30.7 Å². The fourth-order valence-corrected chi connectivity index (χ4v) is 1.27. The SMILES string of the molecule is CCCOC(=O)CNc1ccc(Br)cc1. The molecule has 1 aromatic rings. The van der Waals surface area contributed by atoms with Gasteiger partial charge in [0.2, 0.25) is 0 Å². The summed E-state index contributed by atoms with van der Waals surface area (Å²) in [7, 11) is 0. The Morgan fingerprint density at radius 1 is 1.40 bits per heavy atom. The molecule has 0 aliphatic rings. The number of benzene rings is 1. The lowest BCUT2D eigenvalue weighted by Crippen LogP contribution is -2.17. The molecule has 0 heterocycles. The first kappa shape index (κ1) is 12.0. The number of nitrogens with one attached hydrogen (secondary N) is 1. The van der Waals surface area contributed by atoms with Crippen LogP contribution in [0.2, 0.25) is 0 Å². The predicted molar refractivity (Wildman–Crippen MR) is 63.9 cm³/mol. The Labute approximate surface area is 97.9 Å². The zero-order valence-electron chi connectivity index (χ0n) is 8.63. The molecular formula is C11H14BrNO2. The molecule has 0 bridgehead atoms. The minimum Gasteiger partial charge on any atom is -0.464 e. The van der Waals surface area contributed by atoms with Crippen LogP contribution in [-0.4, -0.2) is 19.1 Å². The summed E-state index contributed by atoms with van der Waals surface area (Å²) < 4.78 is 5.94. The summed E-state index contributed by atoms with van der Waals surface area (Å²) >= 11 is 3.34. The average Bonchev–Trinajstić information content (AvgIpc) is 2.25. The van der Waals surface area contributed by atoms with Crippen LogP contribution in [0.25, 0.3) is 0 Å². The van der Waals surface area contributed by atoms with E-state index < -0.39 is 0 Å². The van der Waals surface area contributed by atoms with Gasteiger partial charge in [0.1, 0.15) is 6.54 Å². The maximum atomic E-state index is 11.1. The van der Waals surface area contributed by atoms with Crippen molar-refractivity contribution in [3.8, 4) is 0 Å². The van der Waals surface area contributed by atoms with Crippen molar-refractivity contribution in [2.24, 2.45) is 0 Å².